The molecular weight excluding hydrogens is 372 g/mol. The van der Waals surface area contributed by atoms with Crippen LogP contribution in [0.2, 0.25) is 0 Å². The highest BCUT2D eigenvalue weighted by Crippen LogP contribution is 2.28. The maximum absolute atomic E-state index is 13.0. The van der Waals surface area contributed by atoms with E-state index in [1.165, 1.54) is 25.6 Å². The summed E-state index contributed by atoms with van der Waals surface area (Å²) in [7, 11) is -3.53. The SMILES string of the molecule is CC1CCCN1C1CCN(c2ccc(S(=O)(=O)N(C(C)C)C(C)C)cn2)CC1. The highest BCUT2D eigenvalue weighted by molar-refractivity contribution is 7.89. The van der Waals surface area contributed by atoms with Gasteiger partial charge in [-0.15, -0.1) is 0 Å². The first kappa shape index (κ1) is 21.5. The molecule has 2 fully saturated rings. The van der Waals surface area contributed by atoms with Gasteiger partial charge in [-0.2, -0.15) is 4.31 Å². The number of piperidine rings is 1. The van der Waals surface area contributed by atoms with E-state index in [0.29, 0.717) is 12.1 Å². The van der Waals surface area contributed by atoms with Gasteiger partial charge in [-0.3, -0.25) is 4.90 Å². The van der Waals surface area contributed by atoms with E-state index in [0.717, 1.165) is 31.7 Å². The number of hydrogen-bond donors (Lipinski definition) is 0. The van der Waals surface area contributed by atoms with Crippen LogP contribution in [0.25, 0.3) is 0 Å². The fraction of sp³-hybridized carbons (Fsp3) is 0.762. The van der Waals surface area contributed by atoms with E-state index in [1.807, 2.05) is 33.8 Å². The molecule has 1 aromatic heterocycles. The molecule has 1 unspecified atom stereocenters. The Hall–Kier alpha value is -1.18. The van der Waals surface area contributed by atoms with Crippen LogP contribution in [0.15, 0.2) is 23.2 Å². The Morgan fingerprint density at radius 3 is 2.14 bits per heavy atom. The number of nitrogens with zero attached hydrogens (tertiary/aromatic N) is 4. The third-order valence-corrected chi connectivity index (χ3v) is 8.41. The molecule has 2 saturated heterocycles. The first-order valence-electron chi connectivity index (χ1n) is 10.7. The van der Waals surface area contributed by atoms with Crippen molar-refractivity contribution in [2.75, 3.05) is 24.5 Å². The van der Waals surface area contributed by atoms with E-state index in [9.17, 15) is 8.42 Å². The predicted molar refractivity (Wildman–Crippen MR) is 114 cm³/mol. The van der Waals surface area contributed by atoms with Gasteiger partial charge in [-0.25, -0.2) is 13.4 Å². The molecule has 2 aliphatic rings. The lowest BCUT2D eigenvalue weighted by Gasteiger charge is -2.39. The van der Waals surface area contributed by atoms with Crippen LogP contribution in [-0.4, -0.2) is 66.4 Å². The molecule has 0 N–H and O–H groups in total. The minimum Gasteiger partial charge on any atom is -0.357 e. The van der Waals surface area contributed by atoms with Crippen molar-refractivity contribution in [1.29, 1.82) is 0 Å². The van der Waals surface area contributed by atoms with Gasteiger partial charge in [-0.05, 0) is 79.0 Å². The van der Waals surface area contributed by atoms with E-state index in [4.69, 9.17) is 0 Å². The minimum absolute atomic E-state index is 0.0864. The Bertz CT molecular complexity index is 732. The van der Waals surface area contributed by atoms with Crippen LogP contribution in [0.5, 0.6) is 0 Å². The highest BCUT2D eigenvalue weighted by atomic mass is 32.2. The molecule has 0 amide bonds. The molecule has 0 radical (unpaired) electrons. The first-order valence-corrected chi connectivity index (χ1v) is 12.2. The fourth-order valence-electron chi connectivity index (χ4n) is 4.91. The average molecular weight is 409 g/mol. The molecule has 0 aliphatic carbocycles. The van der Waals surface area contributed by atoms with E-state index in [-0.39, 0.29) is 17.0 Å². The number of pyridine rings is 1. The van der Waals surface area contributed by atoms with E-state index < -0.39 is 10.0 Å². The molecular formula is C21H36N4O2S. The van der Waals surface area contributed by atoms with Crippen molar-refractivity contribution >= 4 is 15.8 Å². The average Bonchev–Trinajstić information content (AvgIpc) is 3.07. The van der Waals surface area contributed by atoms with Crippen LogP contribution in [0.3, 0.4) is 0 Å². The molecule has 0 aromatic carbocycles. The molecule has 7 heteroatoms. The lowest BCUT2D eigenvalue weighted by molar-refractivity contribution is 0.163. The lowest BCUT2D eigenvalue weighted by Crippen LogP contribution is -2.46. The van der Waals surface area contributed by atoms with E-state index in [1.54, 1.807) is 10.4 Å². The van der Waals surface area contributed by atoms with Crippen molar-refractivity contribution in [2.45, 2.75) is 89.4 Å². The molecule has 1 aromatic rings. The predicted octanol–water partition coefficient (Wildman–Crippen LogP) is 3.34. The monoisotopic (exact) mass is 408 g/mol. The van der Waals surface area contributed by atoms with E-state index >= 15 is 0 Å². The summed E-state index contributed by atoms with van der Waals surface area (Å²) in [6, 6.07) is 4.80. The molecule has 2 aliphatic heterocycles. The summed E-state index contributed by atoms with van der Waals surface area (Å²) in [5, 5.41) is 0. The second-order valence-electron chi connectivity index (χ2n) is 8.82. The molecule has 158 valence electrons. The number of anilines is 1. The fourth-order valence-corrected chi connectivity index (χ4v) is 6.69. The molecule has 1 atom stereocenters. The van der Waals surface area contributed by atoms with Crippen molar-refractivity contribution in [1.82, 2.24) is 14.2 Å². The number of aromatic nitrogens is 1. The molecule has 0 bridgehead atoms. The van der Waals surface area contributed by atoms with Crippen molar-refractivity contribution in [3.05, 3.63) is 18.3 Å². The number of rotatable bonds is 6. The molecule has 6 nitrogen and oxygen atoms in total. The molecule has 3 heterocycles. The summed E-state index contributed by atoms with van der Waals surface area (Å²) in [5.41, 5.74) is 0. The summed E-state index contributed by atoms with van der Waals surface area (Å²) in [6.07, 6.45) is 6.47. The van der Waals surface area contributed by atoms with Crippen LogP contribution >= 0.6 is 0 Å². The van der Waals surface area contributed by atoms with Gasteiger partial charge in [-0.1, -0.05) is 0 Å². The zero-order valence-electron chi connectivity index (χ0n) is 18.0. The van der Waals surface area contributed by atoms with Crippen LogP contribution in [0.1, 0.15) is 60.3 Å². The summed E-state index contributed by atoms with van der Waals surface area (Å²) < 4.78 is 27.5. The second-order valence-corrected chi connectivity index (χ2v) is 10.7. The minimum atomic E-state index is -3.53. The maximum Gasteiger partial charge on any atom is 0.245 e. The van der Waals surface area contributed by atoms with Gasteiger partial charge in [0.2, 0.25) is 10.0 Å². The van der Waals surface area contributed by atoms with Crippen molar-refractivity contribution in [2.24, 2.45) is 0 Å². The Morgan fingerprint density at radius 2 is 1.68 bits per heavy atom. The Labute approximate surface area is 171 Å². The van der Waals surface area contributed by atoms with Crippen molar-refractivity contribution in [3.63, 3.8) is 0 Å². The Balaban J connectivity index is 1.66. The zero-order valence-corrected chi connectivity index (χ0v) is 18.8. The first-order chi connectivity index (χ1) is 13.2. The van der Waals surface area contributed by atoms with E-state index in [2.05, 4.69) is 21.7 Å². The second kappa shape index (κ2) is 8.67. The smallest absolute Gasteiger partial charge is 0.245 e. The largest absolute Gasteiger partial charge is 0.357 e. The molecule has 28 heavy (non-hydrogen) atoms. The van der Waals surface area contributed by atoms with Crippen LogP contribution < -0.4 is 4.90 Å². The quantitative estimate of drug-likeness (QED) is 0.723. The Morgan fingerprint density at radius 1 is 1.04 bits per heavy atom. The van der Waals surface area contributed by atoms with Gasteiger partial charge in [0.05, 0.1) is 0 Å². The summed E-state index contributed by atoms with van der Waals surface area (Å²) in [6.45, 7) is 13.2. The summed E-state index contributed by atoms with van der Waals surface area (Å²) in [4.78, 5) is 9.75. The van der Waals surface area contributed by atoms with Gasteiger partial charge in [0, 0.05) is 43.5 Å². The van der Waals surface area contributed by atoms with Crippen LogP contribution in [0.4, 0.5) is 5.82 Å². The van der Waals surface area contributed by atoms with Gasteiger partial charge in [0.1, 0.15) is 10.7 Å². The number of hydrogen-bond acceptors (Lipinski definition) is 5. The molecule has 3 rings (SSSR count). The molecule has 0 spiro atoms. The van der Waals surface area contributed by atoms with Gasteiger partial charge >= 0.3 is 0 Å². The summed E-state index contributed by atoms with van der Waals surface area (Å²) in [5.74, 6) is 0.882. The van der Waals surface area contributed by atoms with Crippen LogP contribution in [-0.2, 0) is 10.0 Å². The van der Waals surface area contributed by atoms with Gasteiger partial charge < -0.3 is 4.90 Å². The standard InChI is InChI=1S/C21H36N4O2S/c1-16(2)25(17(3)4)28(26,27)20-8-9-21(22-15-20)23-13-10-19(11-14-23)24-12-6-7-18(24)5/h8-9,15-19H,6-7,10-14H2,1-5H3. The topological polar surface area (TPSA) is 56.8 Å². The third-order valence-electron chi connectivity index (χ3n) is 6.18. The third kappa shape index (κ3) is 4.36. The van der Waals surface area contributed by atoms with Crippen molar-refractivity contribution in [3.8, 4) is 0 Å². The normalized spacial score (nSPS) is 22.7. The zero-order chi connectivity index (χ0) is 20.5. The highest BCUT2D eigenvalue weighted by Gasteiger charge is 2.32. The number of likely N-dealkylation sites (tertiary alicyclic amines) is 1. The van der Waals surface area contributed by atoms with Crippen molar-refractivity contribution < 1.29 is 8.42 Å². The van der Waals surface area contributed by atoms with Crippen LogP contribution in [0, 0.1) is 0 Å². The maximum atomic E-state index is 13.0. The Kier molecular flexibility index (Phi) is 6.67. The number of sulfonamides is 1. The summed E-state index contributed by atoms with van der Waals surface area (Å²) >= 11 is 0. The lowest BCUT2D eigenvalue weighted by atomic mass is 10.0. The van der Waals surface area contributed by atoms with Gasteiger partial charge in [0.15, 0.2) is 0 Å². The van der Waals surface area contributed by atoms with Gasteiger partial charge in [0.25, 0.3) is 0 Å². The molecule has 0 saturated carbocycles.